The highest BCUT2D eigenvalue weighted by atomic mass is 15.2. The van der Waals surface area contributed by atoms with E-state index in [1.165, 1.54) is 0 Å². The number of rotatable bonds is 2. The van der Waals surface area contributed by atoms with Crippen molar-refractivity contribution in [2.45, 2.75) is 0 Å². The molecule has 0 saturated heterocycles. The summed E-state index contributed by atoms with van der Waals surface area (Å²) >= 11 is 0. The third-order valence-corrected chi connectivity index (χ3v) is 3.36. The lowest BCUT2D eigenvalue weighted by atomic mass is 10.0. The summed E-state index contributed by atoms with van der Waals surface area (Å²) in [5, 5.41) is 11.4. The van der Waals surface area contributed by atoms with Gasteiger partial charge in [-0.2, -0.15) is 10.2 Å². The van der Waals surface area contributed by atoms with E-state index >= 15 is 0 Å². The minimum absolute atomic E-state index is 0.444. The summed E-state index contributed by atoms with van der Waals surface area (Å²) < 4.78 is 1.76. The molecule has 0 aliphatic heterocycles. The van der Waals surface area contributed by atoms with Gasteiger partial charge in [0.2, 0.25) is 0 Å². The van der Waals surface area contributed by atoms with Crippen molar-refractivity contribution in [3.63, 3.8) is 0 Å². The van der Waals surface area contributed by atoms with Crippen LogP contribution in [-0.4, -0.2) is 29.8 Å². The van der Waals surface area contributed by atoms with Crippen LogP contribution in [0.2, 0.25) is 0 Å². The first kappa shape index (κ1) is 11.6. The second kappa shape index (κ2) is 4.41. The summed E-state index contributed by atoms with van der Waals surface area (Å²) in [5.41, 5.74) is 10.4. The third-order valence-electron chi connectivity index (χ3n) is 3.36. The van der Waals surface area contributed by atoms with Crippen LogP contribution in [0.5, 0.6) is 0 Å². The van der Waals surface area contributed by atoms with Gasteiger partial charge in [-0.15, -0.1) is 0 Å². The Kier molecular flexibility index (Phi) is 2.43. The van der Waals surface area contributed by atoms with E-state index < -0.39 is 0 Å². The number of aromatic amines is 1. The molecule has 3 N–H and O–H groups in total. The van der Waals surface area contributed by atoms with Crippen molar-refractivity contribution in [2.75, 3.05) is 5.73 Å². The number of nitrogens with zero attached hydrogens (tertiary/aromatic N) is 5. The molecule has 21 heavy (non-hydrogen) atoms. The first-order chi connectivity index (χ1) is 10.3. The first-order valence-electron chi connectivity index (χ1n) is 6.36. The van der Waals surface area contributed by atoms with Gasteiger partial charge in [0.05, 0.1) is 29.2 Å². The van der Waals surface area contributed by atoms with Crippen LogP contribution in [0.25, 0.3) is 27.9 Å². The quantitative estimate of drug-likeness (QED) is 0.582. The second-order valence-electron chi connectivity index (χ2n) is 4.56. The Morgan fingerprint density at radius 2 is 1.90 bits per heavy atom. The van der Waals surface area contributed by atoms with Crippen LogP contribution < -0.4 is 5.73 Å². The Bertz CT molecular complexity index is 907. The third kappa shape index (κ3) is 1.75. The molecular weight excluding hydrogens is 266 g/mol. The van der Waals surface area contributed by atoms with E-state index in [0.29, 0.717) is 5.82 Å². The van der Waals surface area contributed by atoms with Crippen molar-refractivity contribution in [2.24, 2.45) is 0 Å². The number of H-pyrrole nitrogens is 1. The molecule has 0 atom stereocenters. The van der Waals surface area contributed by atoms with Gasteiger partial charge in [0.1, 0.15) is 0 Å². The lowest BCUT2D eigenvalue weighted by Crippen LogP contribution is -1.89. The zero-order valence-corrected chi connectivity index (χ0v) is 10.9. The summed E-state index contributed by atoms with van der Waals surface area (Å²) in [6.45, 7) is 0. The van der Waals surface area contributed by atoms with E-state index in [4.69, 9.17) is 5.73 Å². The molecule has 0 bridgehead atoms. The number of aromatic nitrogens is 6. The summed E-state index contributed by atoms with van der Waals surface area (Å²) in [4.78, 5) is 8.17. The molecule has 102 valence electrons. The number of nitrogen functional groups attached to an aromatic ring is 1. The van der Waals surface area contributed by atoms with Crippen molar-refractivity contribution >= 4 is 11.3 Å². The van der Waals surface area contributed by atoms with Crippen molar-refractivity contribution in [1.29, 1.82) is 0 Å². The maximum absolute atomic E-state index is 6.02. The number of nitrogens with one attached hydrogen (secondary N) is 1. The maximum atomic E-state index is 6.02. The fraction of sp³-hybridized carbons (Fsp3) is 0. The molecule has 0 amide bonds. The average Bonchev–Trinajstić information content (AvgIpc) is 3.11. The van der Waals surface area contributed by atoms with Crippen LogP contribution in [0.15, 0.2) is 49.3 Å². The summed E-state index contributed by atoms with van der Waals surface area (Å²) in [7, 11) is 0. The first-order valence-corrected chi connectivity index (χ1v) is 6.36. The topological polar surface area (TPSA) is 97.8 Å². The Morgan fingerprint density at radius 1 is 1.05 bits per heavy atom. The molecular formula is C14H11N7. The van der Waals surface area contributed by atoms with Crippen LogP contribution in [0.3, 0.4) is 0 Å². The molecule has 4 aromatic heterocycles. The average molecular weight is 277 g/mol. The Hall–Kier alpha value is -3.22. The van der Waals surface area contributed by atoms with E-state index in [1.807, 2.05) is 12.1 Å². The zero-order chi connectivity index (χ0) is 14.2. The van der Waals surface area contributed by atoms with E-state index in [1.54, 1.807) is 41.7 Å². The molecule has 7 heteroatoms. The Balaban J connectivity index is 1.98. The van der Waals surface area contributed by atoms with Gasteiger partial charge < -0.3 is 5.73 Å². The molecule has 7 nitrogen and oxygen atoms in total. The van der Waals surface area contributed by atoms with Gasteiger partial charge >= 0.3 is 0 Å². The van der Waals surface area contributed by atoms with Crippen LogP contribution in [0.1, 0.15) is 0 Å². The van der Waals surface area contributed by atoms with Gasteiger partial charge in [0.25, 0.3) is 0 Å². The van der Waals surface area contributed by atoms with Crippen molar-refractivity contribution in [1.82, 2.24) is 29.8 Å². The minimum atomic E-state index is 0.444. The lowest BCUT2D eigenvalue weighted by molar-refractivity contribution is 0.946. The van der Waals surface area contributed by atoms with Gasteiger partial charge in [-0.05, 0) is 17.7 Å². The number of fused-ring (bicyclic) bond motifs is 1. The highest BCUT2D eigenvalue weighted by Gasteiger charge is 2.17. The van der Waals surface area contributed by atoms with Crippen molar-refractivity contribution in [3.8, 4) is 22.4 Å². The number of nitrogens with two attached hydrogens (primary N) is 1. The summed E-state index contributed by atoms with van der Waals surface area (Å²) in [6.07, 6.45) is 10.5. The minimum Gasteiger partial charge on any atom is -0.382 e. The molecule has 0 saturated carbocycles. The second-order valence-corrected chi connectivity index (χ2v) is 4.56. The molecule has 0 aliphatic carbocycles. The largest absolute Gasteiger partial charge is 0.382 e. The smallest absolute Gasteiger partial charge is 0.153 e. The van der Waals surface area contributed by atoms with Gasteiger partial charge in [0.15, 0.2) is 5.82 Å². The summed E-state index contributed by atoms with van der Waals surface area (Å²) in [6, 6.07) is 3.79. The number of pyridine rings is 1. The zero-order valence-electron chi connectivity index (χ0n) is 10.9. The van der Waals surface area contributed by atoms with Crippen LogP contribution in [0, 0.1) is 0 Å². The number of anilines is 1. The van der Waals surface area contributed by atoms with Gasteiger partial charge in [0, 0.05) is 30.4 Å². The SMILES string of the molecule is Nc1n[nH]c(-c2cnn3ccncc23)c1-c1ccncc1. The fourth-order valence-corrected chi connectivity index (χ4v) is 2.39. The molecule has 4 rings (SSSR count). The lowest BCUT2D eigenvalue weighted by Gasteiger charge is -2.03. The molecule has 4 aromatic rings. The molecule has 0 spiro atoms. The highest BCUT2D eigenvalue weighted by molar-refractivity contribution is 5.92. The standard InChI is InChI=1S/C14H11N7/c15-14-12(9-1-3-16-4-2-9)13(19-20-14)10-7-18-21-6-5-17-8-11(10)21/h1-8H,(H3,15,19,20). The van der Waals surface area contributed by atoms with Gasteiger partial charge in [-0.1, -0.05) is 0 Å². The molecule has 0 unspecified atom stereocenters. The number of hydrogen-bond donors (Lipinski definition) is 2. The molecule has 0 fully saturated rings. The molecule has 4 heterocycles. The molecule has 0 aliphatic rings. The highest BCUT2D eigenvalue weighted by Crippen LogP contribution is 2.35. The van der Waals surface area contributed by atoms with E-state index in [2.05, 4.69) is 25.3 Å². The monoisotopic (exact) mass is 277 g/mol. The van der Waals surface area contributed by atoms with Crippen LogP contribution >= 0.6 is 0 Å². The van der Waals surface area contributed by atoms with Crippen LogP contribution in [0.4, 0.5) is 5.82 Å². The van der Waals surface area contributed by atoms with Gasteiger partial charge in [-0.3, -0.25) is 15.1 Å². The summed E-state index contributed by atoms with van der Waals surface area (Å²) in [5.74, 6) is 0.444. The van der Waals surface area contributed by atoms with Crippen LogP contribution in [-0.2, 0) is 0 Å². The molecule has 0 radical (unpaired) electrons. The Morgan fingerprint density at radius 3 is 2.76 bits per heavy atom. The van der Waals surface area contributed by atoms with Crippen molar-refractivity contribution < 1.29 is 0 Å². The fourth-order valence-electron chi connectivity index (χ4n) is 2.39. The van der Waals surface area contributed by atoms with E-state index in [-0.39, 0.29) is 0 Å². The predicted octanol–water partition coefficient (Wildman–Crippen LogP) is 1.76. The maximum Gasteiger partial charge on any atom is 0.153 e. The van der Waals surface area contributed by atoms with Gasteiger partial charge in [-0.25, -0.2) is 4.52 Å². The molecule has 0 aromatic carbocycles. The number of hydrogen-bond acceptors (Lipinski definition) is 5. The van der Waals surface area contributed by atoms with E-state index in [0.717, 1.165) is 27.9 Å². The van der Waals surface area contributed by atoms with E-state index in [9.17, 15) is 0 Å². The van der Waals surface area contributed by atoms with Crippen molar-refractivity contribution in [3.05, 3.63) is 49.3 Å². The Labute approximate surface area is 119 Å². The predicted molar refractivity (Wildman–Crippen MR) is 78.2 cm³/mol. The normalized spacial score (nSPS) is 11.0.